The maximum absolute atomic E-state index is 11.3. The van der Waals surface area contributed by atoms with Crippen LogP contribution in [0.2, 0.25) is 0 Å². The molecule has 1 aromatic rings. The van der Waals surface area contributed by atoms with Crippen molar-refractivity contribution in [1.82, 2.24) is 0 Å². The van der Waals surface area contributed by atoms with Crippen molar-refractivity contribution < 1.29 is 17.9 Å². The van der Waals surface area contributed by atoms with Crippen molar-refractivity contribution in [3.8, 4) is 11.5 Å². The number of hydrogen-bond donors (Lipinski definition) is 0. The topological polar surface area (TPSA) is 52.6 Å². The Hall–Kier alpha value is -0.460. The Morgan fingerprint density at radius 1 is 1.27 bits per heavy atom. The lowest BCUT2D eigenvalue weighted by molar-refractivity contribution is 0.346. The molecule has 4 nitrogen and oxygen atoms in total. The van der Waals surface area contributed by atoms with Gasteiger partial charge in [-0.25, -0.2) is 8.42 Å². The quantitative estimate of drug-likeness (QED) is 0.804. The predicted molar refractivity (Wildman–Crippen MR) is 60.3 cm³/mol. The van der Waals surface area contributed by atoms with Gasteiger partial charge in [0.15, 0.2) is 11.5 Å². The minimum absolute atomic E-state index is 0.0851. The van der Waals surface area contributed by atoms with Gasteiger partial charge in [-0.3, -0.25) is 0 Å². The predicted octanol–water partition coefficient (Wildman–Crippen LogP) is 2.39. The second kappa shape index (κ2) is 4.59. The Morgan fingerprint density at radius 3 is 2.27 bits per heavy atom. The van der Waals surface area contributed by atoms with E-state index in [1.54, 1.807) is 6.07 Å². The summed E-state index contributed by atoms with van der Waals surface area (Å²) in [6.45, 7) is 0. The van der Waals surface area contributed by atoms with Crippen LogP contribution in [0, 0.1) is 0 Å². The molecule has 0 saturated carbocycles. The van der Waals surface area contributed by atoms with Gasteiger partial charge in [0.25, 0.3) is 9.05 Å². The summed E-state index contributed by atoms with van der Waals surface area (Å²) < 4.78 is 32.8. The van der Waals surface area contributed by atoms with Gasteiger partial charge in [-0.15, -0.1) is 0 Å². The van der Waals surface area contributed by atoms with E-state index < -0.39 is 9.05 Å². The van der Waals surface area contributed by atoms with E-state index in [1.165, 1.54) is 20.3 Å². The van der Waals surface area contributed by atoms with Crippen LogP contribution in [-0.4, -0.2) is 22.6 Å². The fourth-order valence-electron chi connectivity index (χ4n) is 1.10. The highest BCUT2D eigenvalue weighted by molar-refractivity contribution is 9.10. The molecule has 0 fully saturated rings. The van der Waals surface area contributed by atoms with E-state index in [9.17, 15) is 8.42 Å². The minimum atomic E-state index is -3.89. The van der Waals surface area contributed by atoms with Crippen LogP contribution < -0.4 is 9.47 Å². The molecule has 0 aliphatic rings. The molecule has 0 unspecified atom stereocenters. The van der Waals surface area contributed by atoms with Crippen molar-refractivity contribution >= 4 is 35.7 Å². The molecule has 0 saturated heterocycles. The standard InChI is InChI=1S/C8H8BrClO4S/c1-13-6-4-3-5(9)8(7(6)14-2)15(10,11)12/h3-4H,1-2H3. The Labute approximate surface area is 101 Å². The molecule has 0 bridgehead atoms. The fraction of sp³-hybridized carbons (Fsp3) is 0.250. The normalized spacial score (nSPS) is 11.2. The van der Waals surface area contributed by atoms with E-state index in [0.717, 1.165) is 0 Å². The molecule has 15 heavy (non-hydrogen) atoms. The van der Waals surface area contributed by atoms with Gasteiger partial charge in [-0.05, 0) is 28.1 Å². The highest BCUT2D eigenvalue weighted by Crippen LogP contribution is 2.40. The number of halogens is 2. The Morgan fingerprint density at radius 2 is 1.87 bits per heavy atom. The van der Waals surface area contributed by atoms with E-state index >= 15 is 0 Å². The van der Waals surface area contributed by atoms with Gasteiger partial charge in [0.05, 0.1) is 14.2 Å². The molecule has 0 amide bonds. The summed E-state index contributed by atoms with van der Waals surface area (Å²) in [5.74, 6) is 0.391. The number of hydrogen-bond acceptors (Lipinski definition) is 4. The Kier molecular flexibility index (Phi) is 3.86. The van der Waals surface area contributed by atoms with Crippen molar-refractivity contribution in [2.24, 2.45) is 0 Å². The maximum Gasteiger partial charge on any atom is 0.266 e. The van der Waals surface area contributed by atoms with Gasteiger partial charge < -0.3 is 9.47 Å². The Bertz CT molecular complexity index is 472. The molecule has 0 aliphatic carbocycles. The first kappa shape index (κ1) is 12.6. The zero-order chi connectivity index (χ0) is 11.6. The van der Waals surface area contributed by atoms with Crippen LogP contribution in [0.3, 0.4) is 0 Å². The molecule has 0 aromatic heterocycles. The highest BCUT2D eigenvalue weighted by Gasteiger charge is 2.23. The van der Waals surface area contributed by atoms with Gasteiger partial charge in [0.1, 0.15) is 4.90 Å². The lowest BCUT2D eigenvalue weighted by Crippen LogP contribution is -2.00. The summed E-state index contributed by atoms with van der Waals surface area (Å²) in [5, 5.41) is 0. The van der Waals surface area contributed by atoms with Gasteiger partial charge in [-0.2, -0.15) is 0 Å². The fourth-order valence-corrected chi connectivity index (χ4v) is 3.50. The lowest BCUT2D eigenvalue weighted by atomic mass is 10.3. The molecule has 0 aliphatic heterocycles. The van der Waals surface area contributed by atoms with E-state index in [-0.39, 0.29) is 10.6 Å². The monoisotopic (exact) mass is 314 g/mol. The molecule has 0 radical (unpaired) electrons. The summed E-state index contributed by atoms with van der Waals surface area (Å²) in [5.41, 5.74) is 0. The van der Waals surface area contributed by atoms with Gasteiger partial charge in [-0.1, -0.05) is 0 Å². The zero-order valence-electron chi connectivity index (χ0n) is 7.95. The third kappa shape index (κ3) is 2.56. The van der Waals surface area contributed by atoms with Crippen molar-refractivity contribution in [2.75, 3.05) is 14.2 Å². The van der Waals surface area contributed by atoms with Crippen molar-refractivity contribution in [3.05, 3.63) is 16.6 Å². The van der Waals surface area contributed by atoms with Crippen LogP contribution in [0.25, 0.3) is 0 Å². The smallest absolute Gasteiger partial charge is 0.266 e. The van der Waals surface area contributed by atoms with E-state index in [0.29, 0.717) is 10.2 Å². The molecule has 1 aromatic carbocycles. The number of methoxy groups -OCH3 is 2. The summed E-state index contributed by atoms with van der Waals surface area (Å²) in [6.07, 6.45) is 0. The molecule has 0 spiro atoms. The lowest BCUT2D eigenvalue weighted by Gasteiger charge is -2.11. The van der Waals surface area contributed by atoms with Crippen LogP contribution in [0.4, 0.5) is 0 Å². The van der Waals surface area contributed by atoms with E-state index in [4.69, 9.17) is 20.2 Å². The van der Waals surface area contributed by atoms with E-state index in [2.05, 4.69) is 15.9 Å². The summed E-state index contributed by atoms with van der Waals surface area (Å²) >= 11 is 3.09. The molecule has 7 heteroatoms. The molecule has 0 atom stereocenters. The molecule has 0 heterocycles. The third-order valence-corrected chi connectivity index (χ3v) is 3.97. The van der Waals surface area contributed by atoms with Crippen molar-refractivity contribution in [1.29, 1.82) is 0 Å². The average Bonchev–Trinajstić information content (AvgIpc) is 2.15. The van der Waals surface area contributed by atoms with Crippen LogP contribution in [0.15, 0.2) is 21.5 Å². The molecular formula is C8H8BrClO4S. The van der Waals surface area contributed by atoms with Gasteiger partial charge in [0.2, 0.25) is 0 Å². The van der Waals surface area contributed by atoms with Gasteiger partial charge >= 0.3 is 0 Å². The SMILES string of the molecule is COc1ccc(Br)c(S(=O)(=O)Cl)c1OC. The average molecular weight is 316 g/mol. The number of ether oxygens (including phenoxy) is 2. The highest BCUT2D eigenvalue weighted by atomic mass is 79.9. The second-order valence-corrected chi connectivity index (χ2v) is 5.91. The van der Waals surface area contributed by atoms with Crippen LogP contribution >= 0.6 is 26.6 Å². The van der Waals surface area contributed by atoms with Crippen molar-refractivity contribution in [2.45, 2.75) is 4.90 Å². The maximum atomic E-state index is 11.3. The minimum Gasteiger partial charge on any atom is -0.493 e. The third-order valence-electron chi connectivity index (χ3n) is 1.70. The van der Waals surface area contributed by atoms with E-state index in [1.807, 2.05) is 0 Å². The summed E-state index contributed by atoms with van der Waals surface area (Å²) in [4.78, 5) is -0.133. The first-order valence-electron chi connectivity index (χ1n) is 3.77. The van der Waals surface area contributed by atoms with Gasteiger partial charge in [0, 0.05) is 15.2 Å². The second-order valence-electron chi connectivity index (χ2n) is 2.55. The molecule has 84 valence electrons. The van der Waals surface area contributed by atoms with Crippen LogP contribution in [-0.2, 0) is 9.05 Å². The molecular weight excluding hydrogens is 308 g/mol. The molecule has 1 rings (SSSR count). The van der Waals surface area contributed by atoms with Crippen LogP contribution in [0.1, 0.15) is 0 Å². The number of rotatable bonds is 3. The molecule has 0 N–H and O–H groups in total. The summed E-state index contributed by atoms with van der Waals surface area (Å²) in [6, 6.07) is 3.10. The largest absolute Gasteiger partial charge is 0.493 e. The Balaban J connectivity index is 3.61. The van der Waals surface area contributed by atoms with Crippen LogP contribution in [0.5, 0.6) is 11.5 Å². The first-order chi connectivity index (χ1) is 6.91. The van der Waals surface area contributed by atoms with Crippen molar-refractivity contribution in [3.63, 3.8) is 0 Å². The summed E-state index contributed by atoms with van der Waals surface area (Å²) in [7, 11) is 4.15. The first-order valence-corrected chi connectivity index (χ1v) is 6.87. The zero-order valence-corrected chi connectivity index (χ0v) is 11.1. The number of benzene rings is 1.